The molecule has 8 aromatic rings. The summed E-state index contributed by atoms with van der Waals surface area (Å²) < 4.78 is 40.3. The normalized spacial score (nSPS) is 14.0. The fourth-order valence-corrected chi connectivity index (χ4v) is 15.2. The second-order valence-corrected chi connectivity index (χ2v) is 27.9. The molecule has 83 heavy (non-hydrogen) atoms. The Balaban J connectivity index is 0.000000201. The van der Waals surface area contributed by atoms with Gasteiger partial charge in [-0.2, -0.15) is 9.13 Å². The molecule has 0 spiro atoms. The molecular formula is C63H69Cl2N8O5S5+. The van der Waals surface area contributed by atoms with E-state index < -0.39 is 15.9 Å². The average molecular weight is 1250 g/mol. The summed E-state index contributed by atoms with van der Waals surface area (Å²) >= 11 is 19.5. The first kappa shape index (κ1) is 61.5. The van der Waals surface area contributed by atoms with Crippen molar-refractivity contribution in [1.29, 1.82) is 0 Å². The molecule has 20 heteroatoms. The fraction of sp³-hybridized carbons (Fsp3) is 0.302. The number of carbonyl (C=O) groups excluding carboxylic acids is 2. The molecule has 10 rings (SSSR count). The molecule has 0 atom stereocenters. The zero-order valence-corrected chi connectivity index (χ0v) is 53.6. The number of nitrogens with one attached hydrogen (secondary N) is 2. The third kappa shape index (κ3) is 15.2. The van der Waals surface area contributed by atoms with E-state index in [-0.39, 0.29) is 50.1 Å². The molecule has 4 heterocycles. The Morgan fingerprint density at radius 3 is 1.42 bits per heavy atom. The summed E-state index contributed by atoms with van der Waals surface area (Å²) in [6.45, 7) is 21.2. The van der Waals surface area contributed by atoms with Crippen LogP contribution in [-0.4, -0.2) is 68.8 Å². The predicted molar refractivity (Wildman–Crippen MR) is 347 cm³/mol. The lowest BCUT2D eigenvalue weighted by molar-refractivity contribution is -0.672. The highest BCUT2D eigenvalue weighted by atomic mass is 35.5. The van der Waals surface area contributed by atoms with Gasteiger partial charge in [-0.15, -0.1) is 0 Å². The van der Waals surface area contributed by atoms with Gasteiger partial charge in [-0.3, -0.25) is 20.2 Å². The van der Waals surface area contributed by atoms with Gasteiger partial charge in [0.1, 0.15) is 9.40 Å². The molecule has 2 N–H and O–H groups in total. The van der Waals surface area contributed by atoms with E-state index in [1.807, 2.05) is 79.1 Å². The first-order valence-corrected chi connectivity index (χ1v) is 33.1. The number of fused-ring (bicyclic) bond motifs is 4. The smallest absolute Gasteiger partial charge is 0.267 e. The number of thiazole rings is 2. The van der Waals surface area contributed by atoms with E-state index in [9.17, 15) is 22.6 Å². The molecule has 0 saturated carbocycles. The maximum Gasteiger partial charge on any atom is 0.267 e. The highest BCUT2D eigenvalue weighted by molar-refractivity contribution is 8.04. The van der Waals surface area contributed by atoms with Crippen molar-refractivity contribution in [2.24, 2.45) is 0 Å². The van der Waals surface area contributed by atoms with Gasteiger partial charge in [0.2, 0.25) is 36.2 Å². The Bertz CT molecular complexity index is 3870. The number of rotatable bonds is 19. The summed E-state index contributed by atoms with van der Waals surface area (Å²) in [5.74, 6) is -0.554. The lowest BCUT2D eigenvalue weighted by Gasteiger charge is -2.28. The predicted octanol–water partition coefficient (Wildman–Crippen LogP) is 13.7. The number of hydrogen-bond donors (Lipinski definition) is 2. The van der Waals surface area contributed by atoms with Crippen LogP contribution in [0, 0.1) is 27.7 Å². The monoisotopic (exact) mass is 1250 g/mol. The van der Waals surface area contributed by atoms with Crippen LogP contribution in [-0.2, 0) is 33.0 Å². The summed E-state index contributed by atoms with van der Waals surface area (Å²) in [5, 5.41) is 11.6. The van der Waals surface area contributed by atoms with Crippen LogP contribution in [0.25, 0.3) is 32.6 Å². The average Bonchev–Trinajstić information content (AvgIpc) is 3.10. The number of hydrogen-bond acceptors (Lipinski definition) is 13. The molecule has 0 aliphatic carbocycles. The van der Waals surface area contributed by atoms with Gasteiger partial charge in [-0.1, -0.05) is 117 Å². The van der Waals surface area contributed by atoms with Crippen LogP contribution >= 0.6 is 69.4 Å². The van der Waals surface area contributed by atoms with Crippen LogP contribution in [0.1, 0.15) is 73.3 Å². The molecule has 0 fully saturated rings. The summed E-state index contributed by atoms with van der Waals surface area (Å²) in [6.07, 6.45) is 4.51. The number of aromatic nitrogens is 2. The largest absolute Gasteiger partial charge is 0.748 e. The van der Waals surface area contributed by atoms with E-state index in [1.54, 1.807) is 46.2 Å². The van der Waals surface area contributed by atoms with Gasteiger partial charge in [0, 0.05) is 74.3 Å². The van der Waals surface area contributed by atoms with E-state index >= 15 is 0 Å². The van der Waals surface area contributed by atoms with Gasteiger partial charge in [-0.05, 0) is 153 Å². The van der Waals surface area contributed by atoms with E-state index in [0.717, 1.165) is 75.1 Å². The first-order chi connectivity index (χ1) is 39.6. The minimum absolute atomic E-state index is 0.0231. The highest BCUT2D eigenvalue weighted by Gasteiger charge is 2.31. The molecule has 2 aliphatic heterocycles. The van der Waals surface area contributed by atoms with Crippen LogP contribution < -0.4 is 39.4 Å². The second kappa shape index (κ2) is 26.9. The maximum absolute atomic E-state index is 13.3. The second-order valence-electron chi connectivity index (χ2n) is 21.2. The Morgan fingerprint density at radius 1 is 0.602 bits per heavy atom. The van der Waals surface area contributed by atoms with Crippen LogP contribution in [0.5, 0.6) is 0 Å². The molecule has 0 radical (unpaired) electrons. The van der Waals surface area contributed by atoms with Crippen molar-refractivity contribution in [3.8, 4) is 0 Å². The minimum atomic E-state index is -4.32. The number of amides is 2. The Hall–Kier alpha value is -6.09. The quantitative estimate of drug-likeness (QED) is 0.0591. The standard InChI is InChI=1S/C32H35ClN4O4S3.C31H33ClN4OS2/c1-21(2)36(25-10-6-22(3)7-11-25)19-30(38)34-20-37-27-17-24(33)9-13-29(27)43-32(37)18-31-35(14-5-15-44(39,40)41)26-16-23(4)8-12-28(26)42-31;1-6-34-25-15-22(5)9-13-27(25)38-30(34)17-31-36(26-16-23(32)10-14-28(26)39-31)19-33-29(37)18-35(20(2)3)24-11-7-21(4)8-12-24/h6-13,16-18,21H,5,14-15,19-20H2,1-4H3,(H-,34,38,39,40,41);7-17,20H,6,18-19H2,1-5H3/p+1. The Kier molecular flexibility index (Phi) is 19.9. The maximum atomic E-state index is 13.3. The molecule has 434 valence electrons. The third-order valence-electron chi connectivity index (χ3n) is 14.2. The molecule has 13 nitrogen and oxygen atoms in total. The fourth-order valence-electron chi connectivity index (χ4n) is 9.87. The van der Waals surface area contributed by atoms with Crippen LogP contribution in [0.3, 0.4) is 0 Å². The van der Waals surface area contributed by atoms with Crippen molar-refractivity contribution in [1.82, 2.24) is 10.6 Å². The van der Waals surface area contributed by atoms with Gasteiger partial charge in [-0.25, -0.2) is 8.42 Å². The van der Waals surface area contributed by atoms with Crippen molar-refractivity contribution in [3.05, 3.63) is 174 Å². The molecule has 2 aromatic heterocycles. The number of aryl methyl sites for hydroxylation is 4. The van der Waals surface area contributed by atoms with Gasteiger partial charge in [0.15, 0.2) is 0 Å². The molecule has 2 aliphatic rings. The van der Waals surface area contributed by atoms with Crippen LogP contribution in [0.2, 0.25) is 10.0 Å². The Morgan fingerprint density at radius 2 is 1.01 bits per heavy atom. The van der Waals surface area contributed by atoms with Gasteiger partial charge in [0.25, 0.3) is 10.0 Å². The van der Waals surface area contributed by atoms with Gasteiger partial charge in [0.05, 0.1) is 56.8 Å². The third-order valence-corrected chi connectivity index (χ3v) is 19.9. The number of halogens is 2. The summed E-state index contributed by atoms with van der Waals surface area (Å²) in [5.41, 5.74) is 10.9. The van der Waals surface area contributed by atoms with Crippen molar-refractivity contribution in [3.63, 3.8) is 0 Å². The number of anilines is 4. The lowest BCUT2D eigenvalue weighted by Crippen LogP contribution is -2.48. The molecular weight excluding hydrogens is 1180 g/mol. The summed E-state index contributed by atoms with van der Waals surface area (Å²) in [6, 6.07) is 41.3. The first-order valence-electron chi connectivity index (χ1n) is 27.5. The number of benzene rings is 6. The summed E-state index contributed by atoms with van der Waals surface area (Å²) in [7, 11) is -4.32. The van der Waals surface area contributed by atoms with Crippen LogP contribution in [0.15, 0.2) is 141 Å². The minimum Gasteiger partial charge on any atom is -0.748 e. The number of thioether (sulfide) groups is 2. The van der Waals surface area contributed by atoms with Gasteiger partial charge < -0.3 is 24.2 Å². The highest BCUT2D eigenvalue weighted by Crippen LogP contribution is 2.48. The van der Waals surface area contributed by atoms with E-state index in [1.165, 1.54) is 26.7 Å². The number of nitrogens with zero attached hydrogens (tertiary/aromatic N) is 6. The molecule has 0 bridgehead atoms. The topological polar surface area (TPSA) is 136 Å². The molecule has 0 unspecified atom stereocenters. The van der Waals surface area contributed by atoms with Crippen molar-refractivity contribution in [2.45, 2.75) is 104 Å². The SMILES string of the molecule is CCN1/C(=C/c2sc3ccc(Cl)cc3[n+]2CNC(=O)CN(c2ccc(C)cc2)C(C)C)Sc2ccc(C)cc21.Cc1ccc(N(CC(=O)NC[n+]2c(/C=C3\Sc4ccc(C)cc4N3CCCS(=O)(=O)[O-])sc3ccc(Cl)cc32)C(C)C)cc1. The summed E-state index contributed by atoms with van der Waals surface area (Å²) in [4.78, 5) is 37.4. The molecule has 6 aromatic carbocycles. The van der Waals surface area contributed by atoms with Crippen molar-refractivity contribution >= 4 is 147 Å². The van der Waals surface area contributed by atoms with Crippen molar-refractivity contribution < 1.29 is 31.7 Å². The molecule has 2 amide bonds. The Labute approximate surface area is 514 Å². The van der Waals surface area contributed by atoms with Crippen LogP contribution in [0.4, 0.5) is 22.7 Å². The van der Waals surface area contributed by atoms with Gasteiger partial charge >= 0.3 is 0 Å². The van der Waals surface area contributed by atoms with E-state index in [2.05, 4.69) is 156 Å². The zero-order chi connectivity index (χ0) is 59.3. The van der Waals surface area contributed by atoms with E-state index in [0.29, 0.717) is 23.3 Å². The number of carbonyl (C=O) groups is 2. The van der Waals surface area contributed by atoms with E-state index in [4.69, 9.17) is 23.2 Å². The molecule has 0 saturated heterocycles. The zero-order valence-electron chi connectivity index (χ0n) is 48.0. The lowest BCUT2D eigenvalue weighted by atomic mass is 10.2. The van der Waals surface area contributed by atoms with Crippen molar-refractivity contribution in [2.75, 3.05) is 51.5 Å².